The Bertz CT molecular complexity index is 349. The van der Waals surface area contributed by atoms with E-state index in [4.69, 9.17) is 33.7 Å². The van der Waals surface area contributed by atoms with Crippen molar-refractivity contribution in [1.82, 2.24) is 0 Å². The Balaban J connectivity index is 2.20. The second-order valence-corrected chi connectivity index (χ2v) is 5.04. The molecule has 1 aromatic rings. The minimum absolute atomic E-state index is 0.184. The van der Waals surface area contributed by atoms with Gasteiger partial charge in [-0.15, -0.1) is 0 Å². The number of thiol groups is 1. The van der Waals surface area contributed by atoms with Crippen LogP contribution in [0.1, 0.15) is 19.3 Å². The van der Waals surface area contributed by atoms with E-state index < -0.39 is 0 Å². The first kappa shape index (κ1) is 15.0. The highest BCUT2D eigenvalue weighted by Crippen LogP contribution is 2.26. The molecule has 0 aromatic heterocycles. The standard InChI is InChI=1S/C12H17Cl2NOS/c13-11-5-4-10(7-12(11)14)16-6-2-1-3-9(15)8-17/h4-5,7,9,17H,1-3,6,8,15H2. The Labute approximate surface area is 118 Å². The van der Waals surface area contributed by atoms with E-state index >= 15 is 0 Å². The van der Waals surface area contributed by atoms with E-state index in [1.165, 1.54) is 0 Å². The average Bonchev–Trinajstić information content (AvgIpc) is 2.33. The lowest BCUT2D eigenvalue weighted by Gasteiger charge is -2.09. The van der Waals surface area contributed by atoms with Crippen molar-refractivity contribution < 1.29 is 4.74 Å². The lowest BCUT2D eigenvalue weighted by atomic mass is 10.1. The van der Waals surface area contributed by atoms with Gasteiger partial charge in [0.25, 0.3) is 0 Å². The van der Waals surface area contributed by atoms with Crippen molar-refractivity contribution in [2.45, 2.75) is 25.3 Å². The Kier molecular flexibility index (Phi) is 7.12. The van der Waals surface area contributed by atoms with E-state index in [0.29, 0.717) is 16.7 Å². The zero-order valence-corrected chi connectivity index (χ0v) is 11.9. The van der Waals surface area contributed by atoms with Crippen molar-refractivity contribution in [2.24, 2.45) is 5.73 Å². The van der Waals surface area contributed by atoms with Gasteiger partial charge >= 0.3 is 0 Å². The summed E-state index contributed by atoms with van der Waals surface area (Å²) >= 11 is 15.8. The van der Waals surface area contributed by atoms with Crippen LogP contribution >= 0.6 is 35.8 Å². The topological polar surface area (TPSA) is 35.2 Å². The summed E-state index contributed by atoms with van der Waals surface area (Å²) in [4.78, 5) is 0. The smallest absolute Gasteiger partial charge is 0.120 e. The molecule has 0 aliphatic carbocycles. The second kappa shape index (κ2) is 8.09. The second-order valence-electron chi connectivity index (χ2n) is 3.86. The van der Waals surface area contributed by atoms with Crippen molar-refractivity contribution in [3.05, 3.63) is 28.2 Å². The van der Waals surface area contributed by atoms with Crippen molar-refractivity contribution in [3.63, 3.8) is 0 Å². The van der Waals surface area contributed by atoms with E-state index in [9.17, 15) is 0 Å². The average molecular weight is 294 g/mol. The predicted octanol–water partition coefficient (Wildman–Crippen LogP) is 3.80. The fraction of sp³-hybridized carbons (Fsp3) is 0.500. The summed E-state index contributed by atoms with van der Waals surface area (Å²) in [7, 11) is 0. The lowest BCUT2D eigenvalue weighted by Crippen LogP contribution is -2.21. The normalized spacial score (nSPS) is 12.5. The van der Waals surface area contributed by atoms with Crippen LogP contribution in [0.2, 0.25) is 10.0 Å². The molecule has 1 unspecified atom stereocenters. The molecule has 17 heavy (non-hydrogen) atoms. The number of nitrogens with two attached hydrogens (primary N) is 1. The molecule has 0 bridgehead atoms. The molecule has 96 valence electrons. The van der Waals surface area contributed by atoms with Gasteiger partial charge in [0.05, 0.1) is 16.7 Å². The van der Waals surface area contributed by atoms with Crippen LogP contribution in [0, 0.1) is 0 Å². The number of hydrogen-bond donors (Lipinski definition) is 2. The van der Waals surface area contributed by atoms with Gasteiger partial charge in [-0.05, 0) is 31.4 Å². The predicted molar refractivity (Wildman–Crippen MR) is 77.6 cm³/mol. The maximum absolute atomic E-state index is 5.88. The number of rotatable bonds is 7. The zero-order valence-electron chi connectivity index (χ0n) is 9.53. The molecule has 0 aliphatic heterocycles. The summed E-state index contributed by atoms with van der Waals surface area (Å²) in [6.07, 6.45) is 3.00. The van der Waals surface area contributed by atoms with Gasteiger partial charge < -0.3 is 10.5 Å². The number of unbranched alkanes of at least 4 members (excludes halogenated alkanes) is 1. The summed E-state index contributed by atoms with van der Waals surface area (Å²) in [5, 5.41) is 1.06. The monoisotopic (exact) mass is 293 g/mol. The van der Waals surface area contributed by atoms with Crippen LogP contribution in [0.3, 0.4) is 0 Å². The molecule has 1 rings (SSSR count). The molecule has 0 radical (unpaired) electrons. The molecule has 1 aromatic carbocycles. The maximum Gasteiger partial charge on any atom is 0.120 e. The highest BCUT2D eigenvalue weighted by molar-refractivity contribution is 7.80. The maximum atomic E-state index is 5.88. The molecule has 0 amide bonds. The number of halogens is 2. The van der Waals surface area contributed by atoms with Gasteiger partial charge in [-0.1, -0.05) is 23.2 Å². The third kappa shape index (κ3) is 5.87. The molecule has 0 fully saturated rings. The van der Waals surface area contributed by atoms with Crippen LogP contribution < -0.4 is 10.5 Å². The molecule has 2 nitrogen and oxygen atoms in total. The third-order valence-electron chi connectivity index (χ3n) is 2.36. The molecule has 0 saturated carbocycles. The summed E-state index contributed by atoms with van der Waals surface area (Å²) in [5.41, 5.74) is 5.75. The Morgan fingerprint density at radius 3 is 2.65 bits per heavy atom. The summed E-state index contributed by atoms with van der Waals surface area (Å²) in [6, 6.07) is 5.45. The van der Waals surface area contributed by atoms with Crippen molar-refractivity contribution >= 4 is 35.8 Å². The highest BCUT2D eigenvalue weighted by Gasteiger charge is 2.01. The van der Waals surface area contributed by atoms with Gasteiger partial charge in [-0.3, -0.25) is 0 Å². The summed E-state index contributed by atoms with van der Waals surface area (Å²) in [5.74, 6) is 1.48. The summed E-state index contributed by atoms with van der Waals surface area (Å²) in [6.45, 7) is 0.664. The van der Waals surface area contributed by atoms with E-state index in [2.05, 4.69) is 12.6 Å². The Morgan fingerprint density at radius 1 is 1.24 bits per heavy atom. The van der Waals surface area contributed by atoms with E-state index in [-0.39, 0.29) is 6.04 Å². The molecule has 5 heteroatoms. The molecule has 0 saturated heterocycles. The van der Waals surface area contributed by atoms with Crippen LogP contribution in [0.15, 0.2) is 18.2 Å². The largest absolute Gasteiger partial charge is 0.494 e. The zero-order chi connectivity index (χ0) is 12.7. The third-order valence-corrected chi connectivity index (χ3v) is 3.57. The molecule has 1 atom stereocenters. The quantitative estimate of drug-likeness (QED) is 0.592. The highest BCUT2D eigenvalue weighted by atomic mass is 35.5. The fourth-order valence-corrected chi connectivity index (χ4v) is 1.83. The number of ether oxygens (including phenoxy) is 1. The SMILES string of the molecule is NC(CS)CCCCOc1ccc(Cl)c(Cl)c1. The van der Waals surface area contributed by atoms with Gasteiger partial charge in [0.2, 0.25) is 0 Å². The van der Waals surface area contributed by atoms with E-state index in [0.717, 1.165) is 30.8 Å². The van der Waals surface area contributed by atoms with Crippen LogP contribution in [-0.2, 0) is 0 Å². The first-order valence-corrected chi connectivity index (χ1v) is 6.96. The van der Waals surface area contributed by atoms with Gasteiger partial charge in [-0.25, -0.2) is 0 Å². The molecule has 0 spiro atoms. The minimum atomic E-state index is 0.184. The molecule has 2 N–H and O–H groups in total. The van der Waals surface area contributed by atoms with Gasteiger partial charge in [0, 0.05) is 17.9 Å². The Hall–Kier alpha value is -0.0900. The molecular weight excluding hydrogens is 277 g/mol. The molecule has 0 aliphatic rings. The van der Waals surface area contributed by atoms with Crippen molar-refractivity contribution in [2.75, 3.05) is 12.4 Å². The van der Waals surface area contributed by atoms with E-state index in [1.807, 2.05) is 6.07 Å². The molecule has 0 heterocycles. The fourth-order valence-electron chi connectivity index (χ4n) is 1.36. The van der Waals surface area contributed by atoms with Crippen LogP contribution in [0.4, 0.5) is 0 Å². The van der Waals surface area contributed by atoms with Gasteiger partial charge in [-0.2, -0.15) is 12.6 Å². The van der Waals surface area contributed by atoms with Crippen LogP contribution in [0.5, 0.6) is 5.75 Å². The first-order valence-electron chi connectivity index (χ1n) is 5.57. The van der Waals surface area contributed by atoms with E-state index in [1.54, 1.807) is 12.1 Å². The lowest BCUT2D eigenvalue weighted by molar-refractivity contribution is 0.304. The van der Waals surface area contributed by atoms with Crippen LogP contribution in [0.25, 0.3) is 0 Å². The van der Waals surface area contributed by atoms with Crippen molar-refractivity contribution in [3.8, 4) is 5.75 Å². The summed E-state index contributed by atoms with van der Waals surface area (Å²) < 4.78 is 5.55. The molecular formula is C12H17Cl2NOS. The van der Waals surface area contributed by atoms with Gasteiger partial charge in [0.1, 0.15) is 5.75 Å². The number of hydrogen-bond acceptors (Lipinski definition) is 3. The minimum Gasteiger partial charge on any atom is -0.494 e. The van der Waals surface area contributed by atoms with Gasteiger partial charge in [0.15, 0.2) is 0 Å². The first-order chi connectivity index (χ1) is 8.13. The number of benzene rings is 1. The Morgan fingerprint density at radius 2 is 2.00 bits per heavy atom. The van der Waals surface area contributed by atoms with Crippen LogP contribution in [-0.4, -0.2) is 18.4 Å². The van der Waals surface area contributed by atoms with Crippen molar-refractivity contribution in [1.29, 1.82) is 0 Å².